The van der Waals surface area contributed by atoms with Crippen molar-refractivity contribution in [3.63, 3.8) is 0 Å². The number of benzene rings is 1. The second-order valence-corrected chi connectivity index (χ2v) is 5.09. The third-order valence-corrected chi connectivity index (χ3v) is 3.11. The number of carboxylic acids is 2. The third kappa shape index (κ3) is 4.91. The molecule has 1 amide bonds. The minimum Gasteiger partial charge on any atom is -0.481 e. The Morgan fingerprint density at radius 1 is 1.10 bits per heavy atom. The van der Waals surface area contributed by atoms with Crippen LogP contribution in [0.25, 0.3) is 0 Å². The zero-order valence-electron chi connectivity index (χ0n) is 11.9. The molecule has 114 valence electrons. The van der Waals surface area contributed by atoms with Crippen molar-refractivity contribution < 1.29 is 24.6 Å². The maximum absolute atomic E-state index is 11.8. The Labute approximate surface area is 122 Å². The minimum atomic E-state index is -1.28. The molecule has 2 unspecified atom stereocenters. The summed E-state index contributed by atoms with van der Waals surface area (Å²) in [6.07, 6.45) is -0.376. The van der Waals surface area contributed by atoms with E-state index < -0.39 is 29.8 Å². The maximum Gasteiger partial charge on any atom is 0.326 e. The lowest BCUT2D eigenvalue weighted by Crippen LogP contribution is -2.47. The third-order valence-electron chi connectivity index (χ3n) is 3.11. The molecule has 6 nitrogen and oxygen atoms in total. The highest BCUT2D eigenvalue weighted by Gasteiger charge is 2.33. The van der Waals surface area contributed by atoms with Crippen LogP contribution in [0.4, 0.5) is 0 Å². The standard InChI is InChI=1S/C15H19NO5/c1-9(2)14(19)16-13(15(20)21)11(8-12(17)18)10-6-4-3-5-7-10/h3-7,9,11,13H,8H2,1-2H3,(H,16,19)(H,17,18)(H,20,21). The largest absolute Gasteiger partial charge is 0.481 e. The summed E-state index contributed by atoms with van der Waals surface area (Å²) in [5.41, 5.74) is 0.566. The zero-order valence-corrected chi connectivity index (χ0v) is 11.9. The summed E-state index contributed by atoms with van der Waals surface area (Å²) in [7, 11) is 0. The Morgan fingerprint density at radius 3 is 2.10 bits per heavy atom. The van der Waals surface area contributed by atoms with Crippen molar-refractivity contribution in [1.29, 1.82) is 0 Å². The first-order valence-corrected chi connectivity index (χ1v) is 6.62. The molecule has 0 spiro atoms. The van der Waals surface area contributed by atoms with Gasteiger partial charge >= 0.3 is 11.9 Å². The number of nitrogens with one attached hydrogen (secondary N) is 1. The van der Waals surface area contributed by atoms with Crippen LogP contribution < -0.4 is 5.32 Å². The fourth-order valence-electron chi connectivity index (χ4n) is 1.97. The van der Waals surface area contributed by atoms with Crippen LogP contribution in [0.2, 0.25) is 0 Å². The van der Waals surface area contributed by atoms with Crippen LogP contribution in [0.15, 0.2) is 30.3 Å². The first-order valence-electron chi connectivity index (χ1n) is 6.62. The van der Waals surface area contributed by atoms with Gasteiger partial charge in [0, 0.05) is 11.8 Å². The van der Waals surface area contributed by atoms with Crippen LogP contribution in [0.3, 0.4) is 0 Å². The molecule has 3 N–H and O–H groups in total. The Morgan fingerprint density at radius 2 is 1.67 bits per heavy atom. The van der Waals surface area contributed by atoms with E-state index in [-0.39, 0.29) is 12.3 Å². The topological polar surface area (TPSA) is 104 Å². The predicted octanol–water partition coefficient (Wildman–Crippen LogP) is 1.47. The summed E-state index contributed by atoms with van der Waals surface area (Å²) < 4.78 is 0. The molecule has 6 heteroatoms. The van der Waals surface area contributed by atoms with Crippen LogP contribution in [0.5, 0.6) is 0 Å². The molecule has 0 bridgehead atoms. The molecule has 0 aromatic heterocycles. The van der Waals surface area contributed by atoms with Gasteiger partial charge in [0.05, 0.1) is 6.42 Å². The molecule has 0 aliphatic rings. The highest BCUT2D eigenvalue weighted by molar-refractivity contribution is 5.86. The lowest BCUT2D eigenvalue weighted by Gasteiger charge is -2.25. The van der Waals surface area contributed by atoms with Crippen LogP contribution in [-0.2, 0) is 14.4 Å². The fraction of sp³-hybridized carbons (Fsp3) is 0.400. The summed E-state index contributed by atoms with van der Waals surface area (Å²) in [5, 5.41) is 20.8. The van der Waals surface area contributed by atoms with Crippen molar-refractivity contribution >= 4 is 17.8 Å². The molecule has 1 aromatic rings. The first-order chi connectivity index (χ1) is 9.82. The van der Waals surface area contributed by atoms with Gasteiger partial charge in [-0.05, 0) is 5.56 Å². The Balaban J connectivity index is 3.10. The molecular formula is C15H19NO5. The number of carbonyl (C=O) groups is 3. The first kappa shape index (κ1) is 16.7. The number of carboxylic acid groups (broad SMARTS) is 2. The van der Waals surface area contributed by atoms with E-state index in [1.54, 1.807) is 44.2 Å². The summed E-state index contributed by atoms with van der Waals surface area (Å²) in [6, 6.07) is 7.19. The van der Waals surface area contributed by atoms with Gasteiger partial charge in [0.25, 0.3) is 0 Å². The molecular weight excluding hydrogens is 274 g/mol. The zero-order chi connectivity index (χ0) is 16.0. The average Bonchev–Trinajstić information content (AvgIpc) is 2.42. The monoisotopic (exact) mass is 293 g/mol. The van der Waals surface area contributed by atoms with E-state index in [2.05, 4.69) is 5.32 Å². The van der Waals surface area contributed by atoms with E-state index in [1.165, 1.54) is 0 Å². The van der Waals surface area contributed by atoms with E-state index in [9.17, 15) is 19.5 Å². The molecule has 1 rings (SSSR count). The quantitative estimate of drug-likeness (QED) is 0.706. The summed E-state index contributed by atoms with van der Waals surface area (Å²) in [4.78, 5) is 34.2. The lowest BCUT2D eigenvalue weighted by molar-refractivity contribution is -0.144. The Bertz CT molecular complexity index is 512. The molecule has 2 atom stereocenters. The highest BCUT2D eigenvalue weighted by atomic mass is 16.4. The van der Waals surface area contributed by atoms with Crippen molar-refractivity contribution in [2.45, 2.75) is 32.2 Å². The summed E-state index contributed by atoms with van der Waals surface area (Å²) in [6.45, 7) is 3.28. The van der Waals surface area contributed by atoms with Gasteiger partial charge in [-0.2, -0.15) is 0 Å². The number of amides is 1. The van der Waals surface area contributed by atoms with Crippen LogP contribution in [0, 0.1) is 5.92 Å². The van der Waals surface area contributed by atoms with Gasteiger partial charge in [-0.25, -0.2) is 4.79 Å². The van der Waals surface area contributed by atoms with E-state index in [4.69, 9.17) is 5.11 Å². The van der Waals surface area contributed by atoms with Crippen molar-refractivity contribution in [2.24, 2.45) is 5.92 Å². The molecule has 21 heavy (non-hydrogen) atoms. The van der Waals surface area contributed by atoms with E-state index in [1.807, 2.05) is 0 Å². The van der Waals surface area contributed by atoms with Gasteiger partial charge in [0.2, 0.25) is 5.91 Å². The van der Waals surface area contributed by atoms with Gasteiger partial charge in [-0.1, -0.05) is 44.2 Å². The average molecular weight is 293 g/mol. The van der Waals surface area contributed by atoms with E-state index >= 15 is 0 Å². The van der Waals surface area contributed by atoms with Crippen molar-refractivity contribution in [3.05, 3.63) is 35.9 Å². The van der Waals surface area contributed by atoms with Crippen LogP contribution >= 0.6 is 0 Å². The van der Waals surface area contributed by atoms with Crippen LogP contribution in [0.1, 0.15) is 31.7 Å². The van der Waals surface area contributed by atoms with Gasteiger partial charge < -0.3 is 15.5 Å². The summed E-state index contributed by atoms with van der Waals surface area (Å²) in [5.74, 6) is -4.00. The van der Waals surface area contributed by atoms with Gasteiger partial charge in [-0.3, -0.25) is 9.59 Å². The lowest BCUT2D eigenvalue weighted by atomic mass is 9.88. The number of aliphatic carboxylic acids is 2. The SMILES string of the molecule is CC(C)C(=O)NC(C(=O)O)C(CC(=O)O)c1ccccc1. The predicted molar refractivity (Wildman–Crippen MR) is 75.8 cm³/mol. The molecule has 0 fully saturated rings. The van der Waals surface area contributed by atoms with Crippen LogP contribution in [-0.4, -0.2) is 34.1 Å². The highest BCUT2D eigenvalue weighted by Crippen LogP contribution is 2.24. The Kier molecular flexibility index (Phi) is 5.90. The molecule has 0 aliphatic heterocycles. The van der Waals surface area contributed by atoms with Crippen molar-refractivity contribution in [3.8, 4) is 0 Å². The minimum absolute atomic E-state index is 0.376. The smallest absolute Gasteiger partial charge is 0.326 e. The van der Waals surface area contributed by atoms with Gasteiger partial charge in [0.15, 0.2) is 0 Å². The molecule has 0 aliphatic carbocycles. The second-order valence-electron chi connectivity index (χ2n) is 5.09. The fourth-order valence-corrected chi connectivity index (χ4v) is 1.97. The summed E-state index contributed by atoms with van der Waals surface area (Å²) >= 11 is 0. The molecule has 1 aromatic carbocycles. The van der Waals surface area contributed by atoms with E-state index in [0.717, 1.165) is 0 Å². The van der Waals surface area contributed by atoms with E-state index in [0.29, 0.717) is 5.56 Å². The van der Waals surface area contributed by atoms with Crippen molar-refractivity contribution in [2.75, 3.05) is 0 Å². The number of rotatable bonds is 7. The Hall–Kier alpha value is -2.37. The van der Waals surface area contributed by atoms with Gasteiger partial charge in [-0.15, -0.1) is 0 Å². The maximum atomic E-state index is 11.8. The number of hydrogen-bond donors (Lipinski definition) is 3. The van der Waals surface area contributed by atoms with Gasteiger partial charge in [0.1, 0.15) is 6.04 Å². The number of hydrogen-bond acceptors (Lipinski definition) is 3. The van der Waals surface area contributed by atoms with Crippen molar-refractivity contribution in [1.82, 2.24) is 5.32 Å². The molecule has 0 saturated heterocycles. The molecule has 0 heterocycles. The number of carbonyl (C=O) groups excluding carboxylic acids is 1. The molecule has 0 radical (unpaired) electrons. The molecule has 0 saturated carbocycles. The normalized spacial score (nSPS) is 13.5. The second kappa shape index (κ2) is 7.42.